The maximum absolute atomic E-state index is 12.9. The van der Waals surface area contributed by atoms with Crippen LogP contribution < -0.4 is 10.1 Å². The Morgan fingerprint density at radius 3 is 2.43 bits per heavy atom. The Bertz CT molecular complexity index is 828. The molecule has 0 spiro atoms. The molecule has 0 unspecified atom stereocenters. The van der Waals surface area contributed by atoms with E-state index in [-0.39, 0.29) is 16.9 Å². The summed E-state index contributed by atoms with van der Waals surface area (Å²) < 4.78 is 6.85. The SMILES string of the molecule is CC1(C)CC(CC(=O)c2cccc(COc3cccc(Br)c3)c2)CC(C)(C)N1. The summed E-state index contributed by atoms with van der Waals surface area (Å²) in [5, 5.41) is 3.69. The van der Waals surface area contributed by atoms with Gasteiger partial charge in [0, 0.05) is 27.5 Å². The second-order valence-corrected chi connectivity index (χ2v) is 10.2. The summed E-state index contributed by atoms with van der Waals surface area (Å²) >= 11 is 3.45. The van der Waals surface area contributed by atoms with E-state index in [2.05, 4.69) is 48.9 Å². The van der Waals surface area contributed by atoms with Crippen molar-refractivity contribution in [2.75, 3.05) is 0 Å². The van der Waals surface area contributed by atoms with Gasteiger partial charge >= 0.3 is 0 Å². The van der Waals surface area contributed by atoms with Crippen molar-refractivity contribution < 1.29 is 9.53 Å². The molecule has 0 bridgehead atoms. The summed E-state index contributed by atoms with van der Waals surface area (Å²) in [6.45, 7) is 9.36. The number of carbonyl (C=O) groups is 1. The van der Waals surface area contributed by atoms with Gasteiger partial charge in [-0.1, -0.05) is 40.2 Å². The molecular formula is C24H30BrNO2. The van der Waals surface area contributed by atoms with E-state index in [1.54, 1.807) is 0 Å². The maximum atomic E-state index is 12.9. The van der Waals surface area contributed by atoms with Crippen LogP contribution in [0.4, 0.5) is 0 Å². The van der Waals surface area contributed by atoms with E-state index in [0.717, 1.165) is 34.2 Å². The number of rotatable bonds is 6. The van der Waals surface area contributed by atoms with Crippen LogP contribution in [0.15, 0.2) is 53.0 Å². The molecule has 1 heterocycles. The molecular weight excluding hydrogens is 414 g/mol. The lowest BCUT2D eigenvalue weighted by molar-refractivity contribution is 0.0864. The number of nitrogens with one attached hydrogen (secondary N) is 1. The highest BCUT2D eigenvalue weighted by Gasteiger charge is 2.38. The zero-order valence-corrected chi connectivity index (χ0v) is 18.8. The topological polar surface area (TPSA) is 38.3 Å². The average Bonchev–Trinajstić information content (AvgIpc) is 2.57. The first kappa shape index (κ1) is 21.1. The predicted octanol–water partition coefficient (Wildman–Crippen LogP) is 6.16. The minimum absolute atomic E-state index is 0.0618. The molecule has 150 valence electrons. The van der Waals surface area contributed by atoms with Gasteiger partial charge in [0.1, 0.15) is 12.4 Å². The molecule has 3 nitrogen and oxygen atoms in total. The van der Waals surface area contributed by atoms with Crippen LogP contribution in [0.25, 0.3) is 0 Å². The molecule has 1 aliphatic rings. The zero-order valence-electron chi connectivity index (χ0n) is 17.2. The van der Waals surface area contributed by atoms with Gasteiger partial charge in [-0.3, -0.25) is 4.79 Å². The molecule has 2 aromatic carbocycles. The van der Waals surface area contributed by atoms with Gasteiger partial charge in [0.15, 0.2) is 5.78 Å². The van der Waals surface area contributed by atoms with Crippen molar-refractivity contribution in [3.63, 3.8) is 0 Å². The first-order valence-corrected chi connectivity index (χ1v) is 10.7. The second-order valence-electron chi connectivity index (χ2n) is 9.24. The Balaban J connectivity index is 1.63. The van der Waals surface area contributed by atoms with Crippen LogP contribution in [0.5, 0.6) is 5.75 Å². The highest BCUT2D eigenvalue weighted by molar-refractivity contribution is 9.10. The van der Waals surface area contributed by atoms with Gasteiger partial charge in [0.25, 0.3) is 0 Å². The molecule has 1 fully saturated rings. The van der Waals surface area contributed by atoms with Crippen molar-refractivity contribution in [1.82, 2.24) is 5.32 Å². The molecule has 0 aliphatic carbocycles. The van der Waals surface area contributed by atoms with Gasteiger partial charge in [-0.25, -0.2) is 0 Å². The first-order valence-electron chi connectivity index (χ1n) is 9.92. The minimum atomic E-state index is 0.0618. The molecule has 2 aromatic rings. The van der Waals surface area contributed by atoms with Crippen LogP contribution in [0, 0.1) is 5.92 Å². The number of hydrogen-bond donors (Lipinski definition) is 1. The summed E-state index contributed by atoms with van der Waals surface area (Å²) in [6, 6.07) is 15.6. The van der Waals surface area contributed by atoms with E-state index in [4.69, 9.17) is 4.74 Å². The molecule has 0 aromatic heterocycles. The van der Waals surface area contributed by atoms with E-state index in [1.807, 2.05) is 48.5 Å². The molecule has 0 saturated carbocycles. The Labute approximate surface area is 177 Å². The van der Waals surface area contributed by atoms with Gasteiger partial charge < -0.3 is 10.1 Å². The quantitative estimate of drug-likeness (QED) is 0.543. The van der Waals surface area contributed by atoms with Gasteiger partial charge in [-0.15, -0.1) is 0 Å². The standard InChI is InChI=1S/C24H30BrNO2/c1-23(2)14-18(15-24(3,4)26-23)12-22(27)19-8-5-7-17(11-19)16-28-21-10-6-9-20(25)13-21/h5-11,13,18,26H,12,14-16H2,1-4H3. The minimum Gasteiger partial charge on any atom is -0.489 e. The molecule has 3 rings (SSSR count). The molecule has 1 N–H and O–H groups in total. The Hall–Kier alpha value is -1.65. The number of hydrogen-bond acceptors (Lipinski definition) is 3. The van der Waals surface area contributed by atoms with E-state index in [9.17, 15) is 4.79 Å². The lowest BCUT2D eigenvalue weighted by Gasteiger charge is -2.46. The van der Waals surface area contributed by atoms with Crippen LogP contribution in [-0.4, -0.2) is 16.9 Å². The normalized spacial score (nSPS) is 18.6. The number of halogens is 1. The third-order valence-electron chi connectivity index (χ3n) is 5.20. The molecule has 1 saturated heterocycles. The van der Waals surface area contributed by atoms with Crippen LogP contribution >= 0.6 is 15.9 Å². The van der Waals surface area contributed by atoms with E-state index in [1.165, 1.54) is 0 Å². The highest BCUT2D eigenvalue weighted by Crippen LogP contribution is 2.35. The Kier molecular flexibility index (Phi) is 6.31. The zero-order chi connectivity index (χ0) is 20.4. The van der Waals surface area contributed by atoms with Crippen LogP contribution in [0.3, 0.4) is 0 Å². The van der Waals surface area contributed by atoms with E-state index >= 15 is 0 Å². The van der Waals surface area contributed by atoms with Gasteiger partial charge in [-0.05, 0) is 76.3 Å². The number of piperidine rings is 1. The third-order valence-corrected chi connectivity index (χ3v) is 5.69. The fraction of sp³-hybridized carbons (Fsp3) is 0.458. The summed E-state index contributed by atoms with van der Waals surface area (Å²) in [5.74, 6) is 1.44. The molecule has 28 heavy (non-hydrogen) atoms. The number of benzene rings is 2. The molecule has 0 atom stereocenters. The van der Waals surface area contributed by atoms with Crippen molar-refractivity contribution in [2.45, 2.75) is 64.6 Å². The fourth-order valence-electron chi connectivity index (χ4n) is 4.62. The maximum Gasteiger partial charge on any atom is 0.163 e. The fourth-order valence-corrected chi connectivity index (χ4v) is 4.99. The highest BCUT2D eigenvalue weighted by atomic mass is 79.9. The van der Waals surface area contributed by atoms with Crippen molar-refractivity contribution in [3.8, 4) is 5.75 Å². The van der Waals surface area contributed by atoms with Gasteiger partial charge in [0.2, 0.25) is 0 Å². The lowest BCUT2D eigenvalue weighted by Crippen LogP contribution is -2.57. The first-order chi connectivity index (χ1) is 13.1. The Morgan fingerprint density at radius 1 is 1.07 bits per heavy atom. The lowest BCUT2D eigenvalue weighted by atomic mass is 9.74. The predicted molar refractivity (Wildman–Crippen MR) is 118 cm³/mol. The molecule has 1 aliphatic heterocycles. The van der Waals surface area contributed by atoms with Crippen LogP contribution in [0.2, 0.25) is 0 Å². The number of Topliss-reactive ketones (excluding diaryl/α,β-unsaturated/α-hetero) is 1. The van der Waals surface area contributed by atoms with Gasteiger partial charge in [-0.2, -0.15) is 0 Å². The summed E-state index contributed by atoms with van der Waals surface area (Å²) in [7, 11) is 0. The number of ketones is 1. The summed E-state index contributed by atoms with van der Waals surface area (Å²) in [5.41, 5.74) is 1.92. The van der Waals surface area contributed by atoms with Crippen molar-refractivity contribution in [1.29, 1.82) is 0 Å². The molecule has 0 radical (unpaired) electrons. The summed E-state index contributed by atoms with van der Waals surface area (Å²) in [4.78, 5) is 12.9. The van der Waals surface area contributed by atoms with Crippen LogP contribution in [0.1, 0.15) is 62.9 Å². The molecule has 0 amide bonds. The van der Waals surface area contributed by atoms with E-state index in [0.29, 0.717) is 18.9 Å². The third kappa shape index (κ3) is 5.92. The van der Waals surface area contributed by atoms with Crippen molar-refractivity contribution in [3.05, 3.63) is 64.1 Å². The Morgan fingerprint density at radius 2 is 1.75 bits per heavy atom. The smallest absolute Gasteiger partial charge is 0.163 e. The van der Waals surface area contributed by atoms with Crippen molar-refractivity contribution in [2.24, 2.45) is 5.92 Å². The van der Waals surface area contributed by atoms with Crippen molar-refractivity contribution >= 4 is 21.7 Å². The summed E-state index contributed by atoms with van der Waals surface area (Å²) in [6.07, 6.45) is 2.65. The number of ether oxygens (including phenoxy) is 1. The largest absolute Gasteiger partial charge is 0.489 e. The average molecular weight is 444 g/mol. The monoisotopic (exact) mass is 443 g/mol. The van der Waals surface area contributed by atoms with Gasteiger partial charge in [0.05, 0.1) is 0 Å². The van der Waals surface area contributed by atoms with E-state index < -0.39 is 0 Å². The number of carbonyl (C=O) groups excluding carboxylic acids is 1. The molecule has 4 heteroatoms. The van der Waals surface area contributed by atoms with Crippen LogP contribution in [-0.2, 0) is 6.61 Å². The second kappa shape index (κ2) is 8.38.